The number of aromatic nitrogens is 3. The second kappa shape index (κ2) is 9.77. The molecule has 0 aliphatic carbocycles. The number of carbonyl (C=O) groups is 1. The molecule has 0 spiro atoms. The average Bonchev–Trinajstić information content (AvgIpc) is 3.47. The topological polar surface area (TPSA) is 78.3 Å². The SMILES string of the molecule is COc1cccc(-c2nnc(SCC(=O)NC[C@@H]3CCCO3)n2-c2ccccc2)c1. The zero-order valence-corrected chi connectivity index (χ0v) is 17.6. The number of carbonyl (C=O) groups excluding carboxylic acids is 1. The van der Waals surface area contributed by atoms with Crippen molar-refractivity contribution in [3.63, 3.8) is 0 Å². The van der Waals surface area contributed by atoms with Crippen LogP contribution >= 0.6 is 11.8 Å². The van der Waals surface area contributed by atoms with Gasteiger partial charge in [0.2, 0.25) is 5.91 Å². The molecule has 1 aliphatic heterocycles. The summed E-state index contributed by atoms with van der Waals surface area (Å²) in [5, 5.41) is 12.4. The Kier molecular flexibility index (Phi) is 6.66. The molecular weight excluding hydrogens is 400 g/mol. The molecule has 1 saturated heterocycles. The molecule has 0 bridgehead atoms. The summed E-state index contributed by atoms with van der Waals surface area (Å²) in [6.45, 7) is 1.34. The third-order valence-electron chi connectivity index (χ3n) is 4.86. The first kappa shape index (κ1) is 20.4. The van der Waals surface area contributed by atoms with Crippen LogP contribution in [0.5, 0.6) is 5.75 Å². The number of benzene rings is 2. The Bertz CT molecular complexity index is 987. The van der Waals surface area contributed by atoms with E-state index in [2.05, 4.69) is 15.5 Å². The minimum Gasteiger partial charge on any atom is -0.497 e. The third-order valence-corrected chi connectivity index (χ3v) is 5.79. The maximum Gasteiger partial charge on any atom is 0.230 e. The molecule has 1 aromatic heterocycles. The van der Waals surface area contributed by atoms with E-state index in [1.165, 1.54) is 11.8 Å². The smallest absolute Gasteiger partial charge is 0.230 e. The molecule has 1 atom stereocenters. The van der Waals surface area contributed by atoms with E-state index in [0.717, 1.165) is 36.4 Å². The standard InChI is InChI=1S/C22H24N4O3S/c1-28-18-10-5-7-16(13-18)21-24-25-22(26(21)17-8-3-2-4-9-17)30-15-20(27)23-14-19-11-6-12-29-19/h2-5,7-10,13,19H,6,11-12,14-15H2,1H3,(H,23,27)/t19-/m0/s1. The minimum atomic E-state index is -0.0407. The van der Waals surface area contributed by atoms with Crippen molar-refractivity contribution < 1.29 is 14.3 Å². The van der Waals surface area contributed by atoms with Gasteiger partial charge < -0.3 is 14.8 Å². The van der Waals surface area contributed by atoms with Gasteiger partial charge in [0.15, 0.2) is 11.0 Å². The Morgan fingerprint density at radius 1 is 1.23 bits per heavy atom. The largest absolute Gasteiger partial charge is 0.497 e. The summed E-state index contributed by atoms with van der Waals surface area (Å²) in [7, 11) is 1.64. The van der Waals surface area contributed by atoms with Crippen LogP contribution in [0.2, 0.25) is 0 Å². The maximum absolute atomic E-state index is 12.3. The van der Waals surface area contributed by atoms with Crippen LogP contribution in [0, 0.1) is 0 Å². The molecule has 3 aromatic rings. The van der Waals surface area contributed by atoms with Crippen LogP contribution in [0.15, 0.2) is 59.8 Å². The minimum absolute atomic E-state index is 0.0407. The van der Waals surface area contributed by atoms with Gasteiger partial charge in [0.1, 0.15) is 5.75 Å². The summed E-state index contributed by atoms with van der Waals surface area (Å²) in [6.07, 6.45) is 2.19. The second-order valence-electron chi connectivity index (χ2n) is 6.94. The lowest BCUT2D eigenvalue weighted by Crippen LogP contribution is -2.32. The van der Waals surface area contributed by atoms with E-state index in [-0.39, 0.29) is 17.8 Å². The van der Waals surface area contributed by atoms with E-state index in [1.807, 2.05) is 59.2 Å². The Morgan fingerprint density at radius 3 is 2.87 bits per heavy atom. The molecule has 30 heavy (non-hydrogen) atoms. The highest BCUT2D eigenvalue weighted by atomic mass is 32.2. The van der Waals surface area contributed by atoms with Crippen LogP contribution in [0.25, 0.3) is 17.1 Å². The molecule has 4 rings (SSSR count). The monoisotopic (exact) mass is 424 g/mol. The highest BCUT2D eigenvalue weighted by molar-refractivity contribution is 7.99. The van der Waals surface area contributed by atoms with Crippen LogP contribution in [-0.4, -0.2) is 52.8 Å². The summed E-state index contributed by atoms with van der Waals surface area (Å²) in [5.41, 5.74) is 1.82. The molecule has 0 unspecified atom stereocenters. The molecule has 8 heteroatoms. The van der Waals surface area contributed by atoms with Crippen LogP contribution in [0.4, 0.5) is 0 Å². The van der Waals surface area contributed by atoms with Gasteiger partial charge >= 0.3 is 0 Å². The van der Waals surface area contributed by atoms with Gasteiger partial charge in [-0.15, -0.1) is 10.2 Å². The fourth-order valence-electron chi connectivity index (χ4n) is 3.34. The highest BCUT2D eigenvalue weighted by Crippen LogP contribution is 2.29. The van der Waals surface area contributed by atoms with Crippen LogP contribution in [-0.2, 0) is 9.53 Å². The van der Waals surface area contributed by atoms with Gasteiger partial charge in [-0.2, -0.15) is 0 Å². The number of thioether (sulfide) groups is 1. The lowest BCUT2D eigenvalue weighted by Gasteiger charge is -2.12. The summed E-state index contributed by atoms with van der Waals surface area (Å²) < 4.78 is 12.9. The van der Waals surface area contributed by atoms with Gasteiger partial charge in [0.05, 0.1) is 19.0 Å². The maximum atomic E-state index is 12.3. The molecule has 0 saturated carbocycles. The molecule has 1 fully saturated rings. The number of para-hydroxylation sites is 1. The van der Waals surface area contributed by atoms with E-state index < -0.39 is 0 Å². The van der Waals surface area contributed by atoms with Crippen molar-refractivity contribution in [3.8, 4) is 22.8 Å². The van der Waals surface area contributed by atoms with Crippen molar-refractivity contribution >= 4 is 17.7 Å². The van der Waals surface area contributed by atoms with Gasteiger partial charge in [0.25, 0.3) is 0 Å². The van der Waals surface area contributed by atoms with E-state index in [4.69, 9.17) is 9.47 Å². The number of hydrogen-bond acceptors (Lipinski definition) is 6. The molecule has 1 N–H and O–H groups in total. The van der Waals surface area contributed by atoms with E-state index >= 15 is 0 Å². The fraction of sp³-hybridized carbons (Fsp3) is 0.318. The molecule has 2 heterocycles. The molecule has 2 aromatic carbocycles. The zero-order valence-electron chi connectivity index (χ0n) is 16.8. The van der Waals surface area contributed by atoms with Crippen LogP contribution in [0.1, 0.15) is 12.8 Å². The Morgan fingerprint density at radius 2 is 2.10 bits per heavy atom. The average molecular weight is 425 g/mol. The van der Waals surface area contributed by atoms with Gasteiger partial charge in [-0.1, -0.05) is 42.1 Å². The Labute approximate surface area is 179 Å². The van der Waals surface area contributed by atoms with Crippen molar-refractivity contribution in [2.45, 2.75) is 24.1 Å². The number of nitrogens with one attached hydrogen (secondary N) is 1. The number of ether oxygens (including phenoxy) is 2. The van der Waals surface area contributed by atoms with Crippen molar-refractivity contribution in [1.29, 1.82) is 0 Å². The Hall–Kier alpha value is -2.84. The van der Waals surface area contributed by atoms with Gasteiger partial charge in [0, 0.05) is 24.4 Å². The molecule has 7 nitrogen and oxygen atoms in total. The Balaban J connectivity index is 1.54. The highest BCUT2D eigenvalue weighted by Gasteiger charge is 2.19. The normalized spacial score (nSPS) is 15.8. The molecule has 0 radical (unpaired) electrons. The number of nitrogens with zero attached hydrogens (tertiary/aromatic N) is 3. The number of hydrogen-bond donors (Lipinski definition) is 1. The van der Waals surface area contributed by atoms with Crippen molar-refractivity contribution in [3.05, 3.63) is 54.6 Å². The number of methoxy groups -OCH3 is 1. The number of amides is 1. The molecule has 1 amide bonds. The predicted octanol–water partition coefficient (Wildman–Crippen LogP) is 3.33. The van der Waals surface area contributed by atoms with Crippen LogP contribution < -0.4 is 10.1 Å². The summed E-state index contributed by atoms with van der Waals surface area (Å²) in [5.74, 6) is 1.66. The molecule has 156 valence electrons. The summed E-state index contributed by atoms with van der Waals surface area (Å²) in [6, 6.07) is 17.6. The van der Waals surface area contributed by atoms with Gasteiger partial charge in [-0.05, 0) is 37.1 Å². The summed E-state index contributed by atoms with van der Waals surface area (Å²) in [4.78, 5) is 12.3. The summed E-state index contributed by atoms with van der Waals surface area (Å²) >= 11 is 1.36. The molecular formula is C22H24N4O3S. The fourth-order valence-corrected chi connectivity index (χ4v) is 4.12. The van der Waals surface area contributed by atoms with Crippen molar-refractivity contribution in [2.75, 3.05) is 26.0 Å². The van der Waals surface area contributed by atoms with E-state index in [1.54, 1.807) is 7.11 Å². The lowest BCUT2D eigenvalue weighted by molar-refractivity contribution is -0.119. The van der Waals surface area contributed by atoms with Crippen LogP contribution in [0.3, 0.4) is 0 Å². The first-order chi connectivity index (χ1) is 14.7. The molecule has 1 aliphatic rings. The second-order valence-corrected chi connectivity index (χ2v) is 7.88. The van der Waals surface area contributed by atoms with Gasteiger partial charge in [-0.3, -0.25) is 9.36 Å². The predicted molar refractivity (Wildman–Crippen MR) is 116 cm³/mol. The van der Waals surface area contributed by atoms with E-state index in [0.29, 0.717) is 17.5 Å². The van der Waals surface area contributed by atoms with Crippen molar-refractivity contribution in [2.24, 2.45) is 0 Å². The zero-order chi connectivity index (χ0) is 20.8. The first-order valence-corrected chi connectivity index (χ1v) is 10.9. The van der Waals surface area contributed by atoms with E-state index in [9.17, 15) is 4.79 Å². The lowest BCUT2D eigenvalue weighted by atomic mass is 10.2. The third kappa shape index (κ3) is 4.83. The van der Waals surface area contributed by atoms with Crippen molar-refractivity contribution in [1.82, 2.24) is 20.1 Å². The first-order valence-electron chi connectivity index (χ1n) is 9.91. The number of rotatable bonds is 8. The quantitative estimate of drug-likeness (QED) is 0.559. The van der Waals surface area contributed by atoms with Gasteiger partial charge in [-0.25, -0.2) is 0 Å².